The summed E-state index contributed by atoms with van der Waals surface area (Å²) in [5, 5.41) is 1.52. The second-order valence-corrected chi connectivity index (χ2v) is 7.48. The lowest BCUT2D eigenvalue weighted by Crippen LogP contribution is -2.01. The van der Waals surface area contributed by atoms with Gasteiger partial charge in [-0.15, -0.1) is 11.6 Å². The monoisotopic (exact) mass is 290 g/mol. The van der Waals surface area contributed by atoms with E-state index in [4.69, 9.17) is 11.6 Å². The van der Waals surface area contributed by atoms with Crippen molar-refractivity contribution in [3.63, 3.8) is 0 Å². The van der Waals surface area contributed by atoms with Crippen LogP contribution in [0.4, 0.5) is 4.39 Å². The van der Waals surface area contributed by atoms with Crippen molar-refractivity contribution in [3.05, 3.63) is 47.8 Å². The molecule has 0 heterocycles. The van der Waals surface area contributed by atoms with Crippen LogP contribution in [0.25, 0.3) is 10.8 Å². The number of benzene rings is 2. The molecule has 3 rings (SSSR count). The Morgan fingerprint density at radius 3 is 2.05 bits per heavy atom. The Balaban J connectivity index is 2.11. The molecular formula is C18H20ClF. The fourth-order valence-electron chi connectivity index (χ4n) is 3.68. The molecule has 0 nitrogen and oxygen atoms in total. The van der Waals surface area contributed by atoms with E-state index in [0.29, 0.717) is 11.3 Å². The number of hydrogen-bond donors (Lipinski definition) is 0. The first-order valence-electron chi connectivity index (χ1n) is 7.09. The lowest BCUT2D eigenvalue weighted by Gasteiger charge is -2.15. The van der Waals surface area contributed by atoms with Crippen LogP contribution in [-0.4, -0.2) is 0 Å². The van der Waals surface area contributed by atoms with E-state index >= 15 is 0 Å². The molecule has 1 aliphatic rings. The molecule has 1 aliphatic carbocycles. The molecule has 0 bridgehead atoms. The van der Waals surface area contributed by atoms with E-state index < -0.39 is 0 Å². The van der Waals surface area contributed by atoms with Gasteiger partial charge in [0.05, 0.1) is 5.38 Å². The SMILES string of the molecule is CC1(C)C(C(Cl)c2ccc(F)c3ccccc23)C1(C)C. The summed E-state index contributed by atoms with van der Waals surface area (Å²) in [7, 11) is 0. The van der Waals surface area contributed by atoms with Gasteiger partial charge in [0.1, 0.15) is 5.82 Å². The highest BCUT2D eigenvalue weighted by Gasteiger charge is 2.67. The summed E-state index contributed by atoms with van der Waals surface area (Å²) in [4.78, 5) is 0. The third-order valence-corrected chi connectivity index (χ3v) is 6.11. The van der Waals surface area contributed by atoms with Crippen LogP contribution in [0.15, 0.2) is 36.4 Å². The smallest absolute Gasteiger partial charge is 0.131 e. The molecule has 2 aromatic rings. The first-order valence-corrected chi connectivity index (χ1v) is 7.53. The minimum absolute atomic E-state index is 0.0782. The van der Waals surface area contributed by atoms with Crippen LogP contribution in [0.1, 0.15) is 38.6 Å². The molecular weight excluding hydrogens is 271 g/mol. The zero-order valence-corrected chi connectivity index (χ0v) is 13.1. The summed E-state index contributed by atoms with van der Waals surface area (Å²) < 4.78 is 13.9. The fraction of sp³-hybridized carbons (Fsp3) is 0.444. The molecule has 0 aromatic heterocycles. The average molecular weight is 291 g/mol. The molecule has 1 saturated carbocycles. The third kappa shape index (κ3) is 1.72. The molecule has 0 saturated heterocycles. The lowest BCUT2D eigenvalue weighted by atomic mass is 9.96. The maximum absolute atomic E-state index is 13.9. The zero-order valence-electron chi connectivity index (χ0n) is 12.4. The van der Waals surface area contributed by atoms with Gasteiger partial charge in [0.15, 0.2) is 0 Å². The molecule has 1 fully saturated rings. The van der Waals surface area contributed by atoms with Crippen molar-refractivity contribution in [1.29, 1.82) is 0 Å². The summed E-state index contributed by atoms with van der Waals surface area (Å²) in [6.45, 7) is 9.05. The highest BCUT2D eigenvalue weighted by Crippen LogP contribution is 2.73. The zero-order chi connectivity index (χ0) is 14.7. The van der Waals surface area contributed by atoms with Gasteiger partial charge >= 0.3 is 0 Å². The summed E-state index contributed by atoms with van der Waals surface area (Å²) >= 11 is 6.78. The van der Waals surface area contributed by atoms with Crippen LogP contribution in [0.5, 0.6) is 0 Å². The van der Waals surface area contributed by atoms with E-state index in [-0.39, 0.29) is 22.0 Å². The normalized spacial score (nSPS) is 21.9. The molecule has 0 N–H and O–H groups in total. The Bertz CT molecular complexity index is 658. The first-order chi connectivity index (χ1) is 9.28. The summed E-state index contributed by atoms with van der Waals surface area (Å²) in [6.07, 6.45) is 0. The molecule has 0 spiro atoms. The first kappa shape index (κ1) is 13.9. The molecule has 106 valence electrons. The summed E-state index contributed by atoms with van der Waals surface area (Å²) in [5.74, 6) is 0.230. The number of alkyl halides is 1. The Morgan fingerprint density at radius 2 is 1.50 bits per heavy atom. The second kappa shape index (κ2) is 4.21. The Morgan fingerprint density at radius 1 is 0.950 bits per heavy atom. The number of rotatable bonds is 2. The Hall–Kier alpha value is -1.08. The number of halogens is 2. The van der Waals surface area contributed by atoms with Gasteiger partial charge in [0.2, 0.25) is 0 Å². The molecule has 0 aliphatic heterocycles. The van der Waals surface area contributed by atoms with Crippen molar-refractivity contribution in [1.82, 2.24) is 0 Å². The fourth-order valence-corrected chi connectivity index (χ4v) is 4.50. The predicted octanol–water partition coefficient (Wildman–Crippen LogP) is 5.94. The van der Waals surface area contributed by atoms with E-state index in [0.717, 1.165) is 10.9 Å². The van der Waals surface area contributed by atoms with Crippen molar-refractivity contribution >= 4 is 22.4 Å². The Labute approximate surface area is 124 Å². The number of fused-ring (bicyclic) bond motifs is 1. The van der Waals surface area contributed by atoms with Gasteiger partial charge < -0.3 is 0 Å². The summed E-state index contributed by atoms with van der Waals surface area (Å²) in [6, 6.07) is 11.0. The van der Waals surface area contributed by atoms with E-state index in [1.807, 2.05) is 30.3 Å². The van der Waals surface area contributed by atoms with Crippen LogP contribution >= 0.6 is 11.6 Å². The summed E-state index contributed by atoms with van der Waals surface area (Å²) in [5.41, 5.74) is 1.48. The van der Waals surface area contributed by atoms with E-state index in [9.17, 15) is 4.39 Å². The molecule has 2 heteroatoms. The topological polar surface area (TPSA) is 0 Å². The molecule has 1 atom stereocenters. The van der Waals surface area contributed by atoms with Gasteiger partial charge in [-0.1, -0.05) is 58.0 Å². The minimum atomic E-state index is -0.178. The largest absolute Gasteiger partial charge is 0.206 e. The van der Waals surface area contributed by atoms with Crippen LogP contribution in [-0.2, 0) is 0 Å². The molecule has 20 heavy (non-hydrogen) atoms. The van der Waals surface area contributed by atoms with Crippen molar-refractivity contribution in [2.45, 2.75) is 33.1 Å². The van der Waals surface area contributed by atoms with Crippen LogP contribution in [0.3, 0.4) is 0 Å². The third-order valence-electron chi connectivity index (χ3n) is 5.63. The van der Waals surface area contributed by atoms with Gasteiger partial charge in [0.25, 0.3) is 0 Å². The van der Waals surface area contributed by atoms with Gasteiger partial charge in [-0.25, -0.2) is 4.39 Å². The van der Waals surface area contributed by atoms with Crippen molar-refractivity contribution in [2.24, 2.45) is 16.7 Å². The second-order valence-electron chi connectivity index (χ2n) is 7.01. The minimum Gasteiger partial charge on any atom is -0.206 e. The van der Waals surface area contributed by atoms with Crippen molar-refractivity contribution < 1.29 is 4.39 Å². The van der Waals surface area contributed by atoms with E-state index in [1.165, 1.54) is 6.07 Å². The van der Waals surface area contributed by atoms with E-state index in [2.05, 4.69) is 27.7 Å². The maximum Gasteiger partial charge on any atom is 0.131 e. The molecule has 1 unspecified atom stereocenters. The number of hydrogen-bond acceptors (Lipinski definition) is 0. The lowest BCUT2D eigenvalue weighted by molar-refractivity contribution is 0.457. The van der Waals surface area contributed by atoms with Gasteiger partial charge in [-0.2, -0.15) is 0 Å². The molecule has 0 radical (unpaired) electrons. The molecule has 0 amide bonds. The highest BCUT2D eigenvalue weighted by atomic mass is 35.5. The van der Waals surface area contributed by atoms with Crippen molar-refractivity contribution in [3.8, 4) is 0 Å². The predicted molar refractivity (Wildman–Crippen MR) is 83.6 cm³/mol. The van der Waals surface area contributed by atoms with Crippen LogP contribution in [0.2, 0.25) is 0 Å². The van der Waals surface area contributed by atoms with Gasteiger partial charge in [-0.3, -0.25) is 0 Å². The van der Waals surface area contributed by atoms with Gasteiger partial charge in [0, 0.05) is 5.39 Å². The molecule has 2 aromatic carbocycles. The van der Waals surface area contributed by atoms with Crippen molar-refractivity contribution in [2.75, 3.05) is 0 Å². The average Bonchev–Trinajstić information content (AvgIpc) is 2.80. The quantitative estimate of drug-likeness (QED) is 0.600. The Kier molecular flexibility index (Phi) is 2.92. The van der Waals surface area contributed by atoms with Gasteiger partial charge in [-0.05, 0) is 33.8 Å². The maximum atomic E-state index is 13.9. The van der Waals surface area contributed by atoms with Crippen LogP contribution in [0, 0.1) is 22.6 Å². The highest BCUT2D eigenvalue weighted by molar-refractivity contribution is 6.22. The van der Waals surface area contributed by atoms with Crippen LogP contribution < -0.4 is 0 Å². The standard InChI is InChI=1S/C18H20ClF/c1-17(2)16(18(17,3)4)15(19)13-9-10-14(20)12-8-6-5-7-11(12)13/h5-10,15-16H,1-4H3. The van der Waals surface area contributed by atoms with E-state index in [1.54, 1.807) is 0 Å².